The van der Waals surface area contributed by atoms with Gasteiger partial charge < -0.3 is 14.7 Å². The normalized spacial score (nSPS) is 15.7. The molecule has 2 aliphatic heterocycles. The second-order valence-electron chi connectivity index (χ2n) is 22.4. The third-order valence-corrected chi connectivity index (χ3v) is 15.6. The fraction of sp³-hybridized carbons (Fsp3) is 0.194. The van der Waals surface area contributed by atoms with Gasteiger partial charge >= 0.3 is 0 Å². The maximum absolute atomic E-state index is 9.29. The van der Waals surface area contributed by atoms with Crippen LogP contribution in [0.4, 0.5) is 51.2 Å². The molecule has 3 nitrogen and oxygen atoms in total. The van der Waals surface area contributed by atoms with E-state index in [1.807, 2.05) is 12.1 Å². The van der Waals surface area contributed by atoms with Crippen molar-refractivity contribution >= 4 is 74.3 Å². The van der Waals surface area contributed by atoms with Crippen molar-refractivity contribution in [3.05, 3.63) is 228 Å². The summed E-state index contributed by atoms with van der Waals surface area (Å²) in [6, 6.07) is 72.0. The molecule has 2 heterocycles. The molecule has 71 heavy (non-hydrogen) atoms. The Labute approximate surface area is 426 Å². The van der Waals surface area contributed by atoms with Gasteiger partial charge in [-0.25, -0.2) is 0 Å². The second-order valence-corrected chi connectivity index (χ2v) is 22.4. The summed E-state index contributed by atoms with van der Waals surface area (Å²) in [6.45, 7) is 15.9. The maximum Gasteiger partial charge on any atom is 0.252 e. The quantitative estimate of drug-likeness (QED) is 0.148. The average Bonchev–Trinajstić information content (AvgIpc) is 3.61. The second kappa shape index (κ2) is 16.5. The van der Waals surface area contributed by atoms with Crippen LogP contribution in [0.5, 0.6) is 0 Å². The summed E-state index contributed by atoms with van der Waals surface area (Å²) >= 11 is 0. The number of aryl methyl sites for hydroxylation is 2. The van der Waals surface area contributed by atoms with Gasteiger partial charge in [0.25, 0.3) is 6.71 Å². The Kier molecular flexibility index (Phi) is 9.60. The first-order valence-electron chi connectivity index (χ1n) is 26.8. The first-order chi connectivity index (χ1) is 35.4. The van der Waals surface area contributed by atoms with E-state index in [2.05, 4.69) is 258 Å². The molecule has 0 spiro atoms. The molecule has 0 radical (unpaired) electrons. The lowest BCUT2D eigenvalue weighted by Crippen LogP contribution is -2.61. The van der Waals surface area contributed by atoms with Crippen LogP contribution in [0.3, 0.4) is 0 Å². The van der Waals surface area contributed by atoms with Gasteiger partial charge in [-0.2, -0.15) is 0 Å². The van der Waals surface area contributed by atoms with E-state index in [4.69, 9.17) is 0 Å². The van der Waals surface area contributed by atoms with Crippen LogP contribution < -0.4 is 31.1 Å². The van der Waals surface area contributed by atoms with Crippen LogP contribution in [0.1, 0.15) is 86.8 Å². The van der Waals surface area contributed by atoms with E-state index in [-0.39, 0.29) is 23.0 Å². The third-order valence-electron chi connectivity index (χ3n) is 15.6. The lowest BCUT2D eigenvalue weighted by Gasteiger charge is -2.46. The predicted octanol–water partition coefficient (Wildman–Crippen LogP) is 16.4. The number of anilines is 9. The third kappa shape index (κ3) is 7.41. The van der Waals surface area contributed by atoms with Crippen molar-refractivity contribution in [1.29, 1.82) is 0 Å². The fourth-order valence-electron chi connectivity index (χ4n) is 12.4. The van der Waals surface area contributed by atoms with Crippen molar-refractivity contribution < 1.29 is 4.11 Å². The summed E-state index contributed by atoms with van der Waals surface area (Å²) in [5.41, 5.74) is 21.9. The van der Waals surface area contributed by atoms with Gasteiger partial charge in [0.15, 0.2) is 0 Å². The van der Waals surface area contributed by atoms with Crippen LogP contribution in [-0.2, 0) is 16.2 Å². The zero-order valence-corrected chi connectivity index (χ0v) is 42.2. The predicted molar refractivity (Wildman–Crippen MR) is 305 cm³/mol. The minimum atomic E-state index is -2.43. The standard InChI is InChI=1S/C67H62BN3/c1-44-36-62-64-63(37-44)71(59-38-48(31-30-45(59)2)46-22-14-10-15-23-46)60-40-52(69(50-26-18-12-19-27-50)51-28-20-13-21-29-51)33-34-56(60)68(64)57-41-54-55(67(8,9)43-66(54,6)7)42-61(57)70(62)58-35-32-49(65(3,4)5)39-53(58)47-24-16-11-17-25-47/h10-42H,43H2,1-9H3/i1D3. The van der Waals surface area contributed by atoms with Crippen LogP contribution in [0.25, 0.3) is 22.3 Å². The highest BCUT2D eigenvalue weighted by molar-refractivity contribution is 7.00. The van der Waals surface area contributed by atoms with Crippen LogP contribution >= 0.6 is 0 Å². The first-order valence-corrected chi connectivity index (χ1v) is 25.3. The molecule has 0 amide bonds. The van der Waals surface area contributed by atoms with Gasteiger partial charge in [-0.05, 0) is 170 Å². The Balaban J connectivity index is 1.23. The first kappa shape index (κ1) is 41.2. The van der Waals surface area contributed by atoms with Gasteiger partial charge in [0.1, 0.15) is 0 Å². The van der Waals surface area contributed by atoms with Gasteiger partial charge in [0, 0.05) is 55.2 Å². The Bertz CT molecular complexity index is 3600. The Morgan fingerprint density at radius 3 is 1.65 bits per heavy atom. The highest BCUT2D eigenvalue weighted by atomic mass is 15.2. The SMILES string of the molecule is [2H]C([2H])([2H])c1cc2c3c(c1)N(c1ccc(C(C)(C)C)cc1-c1ccccc1)c1cc4c(cc1B3c1ccc(N(c3ccccc3)c3ccccc3)cc1N2c1cc(-c2ccccc2)ccc1C)C(C)(C)CC4(C)C. The molecule has 0 aromatic heterocycles. The van der Waals surface area contributed by atoms with Gasteiger partial charge in [-0.1, -0.05) is 176 Å². The largest absolute Gasteiger partial charge is 0.311 e. The molecule has 0 fully saturated rings. The zero-order valence-electron chi connectivity index (χ0n) is 45.2. The van der Waals surface area contributed by atoms with Gasteiger partial charge in [0.2, 0.25) is 0 Å². The molecule has 4 heteroatoms. The fourth-order valence-corrected chi connectivity index (χ4v) is 12.4. The average molecular weight is 923 g/mol. The summed E-state index contributed by atoms with van der Waals surface area (Å²) in [4.78, 5) is 7.16. The van der Waals surface area contributed by atoms with E-state index in [1.54, 1.807) is 0 Å². The van der Waals surface area contributed by atoms with Crippen molar-refractivity contribution in [2.24, 2.45) is 0 Å². The molecule has 12 rings (SSSR count). The van der Waals surface area contributed by atoms with E-state index in [1.165, 1.54) is 22.2 Å². The molecule has 3 aliphatic rings. The van der Waals surface area contributed by atoms with E-state index in [0.29, 0.717) is 5.56 Å². The van der Waals surface area contributed by atoms with Gasteiger partial charge in [-0.3, -0.25) is 0 Å². The van der Waals surface area contributed by atoms with Crippen molar-refractivity contribution in [3.8, 4) is 22.3 Å². The number of hydrogen-bond acceptors (Lipinski definition) is 3. The molecule has 1 aliphatic carbocycles. The molecule has 9 aromatic carbocycles. The minimum absolute atomic E-state index is 0.0786. The Morgan fingerprint density at radius 1 is 0.479 bits per heavy atom. The zero-order chi connectivity index (χ0) is 51.5. The van der Waals surface area contributed by atoms with E-state index in [9.17, 15) is 4.11 Å². The van der Waals surface area contributed by atoms with Crippen molar-refractivity contribution in [2.75, 3.05) is 14.7 Å². The van der Waals surface area contributed by atoms with Crippen LogP contribution in [0, 0.1) is 13.8 Å². The molecular weight excluding hydrogens is 858 g/mol. The molecule has 9 aromatic rings. The Morgan fingerprint density at radius 2 is 1.04 bits per heavy atom. The maximum atomic E-state index is 9.29. The van der Waals surface area contributed by atoms with E-state index in [0.717, 1.165) is 96.4 Å². The molecule has 0 bridgehead atoms. The summed E-state index contributed by atoms with van der Waals surface area (Å²) in [5, 5.41) is 0. The monoisotopic (exact) mass is 923 g/mol. The Hall–Kier alpha value is -7.56. The molecular formula is C67H62BN3. The lowest BCUT2D eigenvalue weighted by atomic mass is 9.33. The molecule has 0 saturated heterocycles. The highest BCUT2D eigenvalue weighted by Gasteiger charge is 2.48. The molecule has 0 unspecified atom stereocenters. The minimum Gasteiger partial charge on any atom is -0.311 e. The van der Waals surface area contributed by atoms with Gasteiger partial charge in [-0.15, -0.1) is 0 Å². The number of rotatable bonds is 7. The lowest BCUT2D eigenvalue weighted by molar-refractivity contribution is 0.403. The molecule has 0 saturated carbocycles. The highest BCUT2D eigenvalue weighted by Crippen LogP contribution is 2.54. The molecule has 0 atom stereocenters. The number of fused-ring (bicyclic) bond motifs is 5. The summed E-state index contributed by atoms with van der Waals surface area (Å²) in [7, 11) is 0. The van der Waals surface area contributed by atoms with Crippen LogP contribution in [-0.4, -0.2) is 6.71 Å². The van der Waals surface area contributed by atoms with Crippen LogP contribution in [0.15, 0.2) is 200 Å². The van der Waals surface area contributed by atoms with Crippen LogP contribution in [0.2, 0.25) is 0 Å². The molecule has 0 N–H and O–H groups in total. The van der Waals surface area contributed by atoms with Crippen molar-refractivity contribution in [3.63, 3.8) is 0 Å². The number of para-hydroxylation sites is 2. The number of hydrogen-bond donors (Lipinski definition) is 0. The number of benzene rings is 9. The van der Waals surface area contributed by atoms with E-state index < -0.39 is 6.85 Å². The van der Waals surface area contributed by atoms with Crippen molar-refractivity contribution in [1.82, 2.24) is 0 Å². The summed E-state index contributed by atoms with van der Waals surface area (Å²) < 4.78 is 27.9. The molecule has 348 valence electrons. The van der Waals surface area contributed by atoms with E-state index >= 15 is 0 Å². The topological polar surface area (TPSA) is 9.72 Å². The van der Waals surface area contributed by atoms with Crippen molar-refractivity contribution in [2.45, 2.75) is 84.9 Å². The summed E-state index contributed by atoms with van der Waals surface area (Å²) in [6.07, 6.45) is 1.01. The smallest absolute Gasteiger partial charge is 0.252 e. The summed E-state index contributed by atoms with van der Waals surface area (Å²) in [5.74, 6) is 0. The number of nitrogens with zero attached hydrogens (tertiary/aromatic N) is 3. The van der Waals surface area contributed by atoms with Gasteiger partial charge in [0.05, 0.1) is 5.69 Å².